The minimum absolute atomic E-state index is 0.00401. The van der Waals surface area contributed by atoms with Crippen molar-refractivity contribution in [2.24, 2.45) is 5.92 Å². The van der Waals surface area contributed by atoms with Crippen molar-refractivity contribution in [1.82, 2.24) is 14.9 Å². The molecule has 1 aromatic rings. The van der Waals surface area contributed by atoms with Crippen LogP contribution in [0.5, 0.6) is 0 Å². The van der Waals surface area contributed by atoms with Crippen LogP contribution in [0.25, 0.3) is 0 Å². The quantitative estimate of drug-likeness (QED) is 0.242. The first-order valence-corrected chi connectivity index (χ1v) is 12.3. The fraction of sp³-hybridized carbons (Fsp3) is 0.545. The molecule has 1 saturated carbocycles. The van der Waals surface area contributed by atoms with E-state index in [0.717, 1.165) is 6.26 Å². The van der Waals surface area contributed by atoms with Crippen molar-refractivity contribution < 1.29 is 33.4 Å². The van der Waals surface area contributed by atoms with Crippen LogP contribution in [0.3, 0.4) is 0 Å². The van der Waals surface area contributed by atoms with Gasteiger partial charge in [0.25, 0.3) is 5.91 Å². The molecular weight excluding hydrogens is 450 g/mol. The zero-order valence-corrected chi connectivity index (χ0v) is 19.3. The minimum atomic E-state index is -3.85. The van der Waals surface area contributed by atoms with Gasteiger partial charge in [0.15, 0.2) is 14.6 Å². The molecule has 4 N–H and O–H groups in total. The Morgan fingerprint density at radius 3 is 2.64 bits per heavy atom. The first-order chi connectivity index (χ1) is 15.4. The number of nitrogens with zero attached hydrogens (tertiary/aromatic N) is 2. The summed E-state index contributed by atoms with van der Waals surface area (Å²) in [6.45, 7) is 1.51. The van der Waals surface area contributed by atoms with Crippen LogP contribution in [0, 0.1) is 29.6 Å². The van der Waals surface area contributed by atoms with Crippen molar-refractivity contribution in [2.45, 2.75) is 49.5 Å². The smallest absolute Gasteiger partial charge is 0.328 e. The fourth-order valence-electron chi connectivity index (χ4n) is 4.05. The first-order valence-electron chi connectivity index (χ1n) is 10.4. The van der Waals surface area contributed by atoms with E-state index in [0.29, 0.717) is 30.5 Å². The summed E-state index contributed by atoms with van der Waals surface area (Å²) in [7, 11) is -3.85. The van der Waals surface area contributed by atoms with Crippen molar-refractivity contribution in [2.75, 3.05) is 19.4 Å². The Morgan fingerprint density at radius 1 is 1.36 bits per heavy atom. The van der Waals surface area contributed by atoms with Crippen LogP contribution >= 0.6 is 0 Å². The summed E-state index contributed by atoms with van der Waals surface area (Å²) >= 11 is 0. The number of rotatable bonds is 7. The molecule has 2 heterocycles. The van der Waals surface area contributed by atoms with E-state index in [9.17, 15) is 23.1 Å². The average molecular weight is 478 g/mol. The molecule has 0 saturated heterocycles. The van der Waals surface area contributed by atoms with Gasteiger partial charge < -0.3 is 15.1 Å². The Morgan fingerprint density at radius 2 is 2.06 bits per heavy atom. The van der Waals surface area contributed by atoms with Gasteiger partial charge in [0, 0.05) is 43.3 Å². The van der Waals surface area contributed by atoms with Crippen molar-refractivity contribution in [3.63, 3.8) is 0 Å². The third kappa shape index (κ3) is 5.07. The van der Waals surface area contributed by atoms with Crippen molar-refractivity contribution in [3.05, 3.63) is 23.5 Å². The van der Waals surface area contributed by atoms with Gasteiger partial charge in [-0.05, 0) is 50.0 Å². The monoisotopic (exact) mass is 477 g/mol. The van der Waals surface area contributed by atoms with Gasteiger partial charge in [-0.1, -0.05) is 11.8 Å². The van der Waals surface area contributed by atoms with Crippen LogP contribution in [0.4, 0.5) is 4.79 Å². The van der Waals surface area contributed by atoms with Crippen LogP contribution in [0.15, 0.2) is 12.3 Å². The standard InChI is InChI=1S/C22H27N3O7S/c1-21(19(27)23-30,33(2,31)32)8-9-24-14-18-10-16(13-25(18)20(24)28)6-4-3-5-7-22(29)11-17(12-22)15-26/h10,13,17,26,29-30H,7-9,11-12,14-15H2,1-2H3,(H,23,27). The molecule has 1 aliphatic carbocycles. The zero-order valence-electron chi connectivity index (χ0n) is 18.5. The summed E-state index contributed by atoms with van der Waals surface area (Å²) in [5, 5.41) is 28.1. The number of carbonyl (C=O) groups excluding carboxylic acids is 2. The number of aliphatic hydroxyl groups is 2. The minimum Gasteiger partial charge on any atom is -0.396 e. The van der Waals surface area contributed by atoms with Crippen LogP contribution in [0.1, 0.15) is 43.9 Å². The Kier molecular flexibility index (Phi) is 6.91. The van der Waals surface area contributed by atoms with E-state index in [4.69, 9.17) is 10.3 Å². The van der Waals surface area contributed by atoms with Crippen LogP contribution < -0.4 is 5.48 Å². The van der Waals surface area contributed by atoms with Gasteiger partial charge in [-0.15, -0.1) is 0 Å². The summed E-state index contributed by atoms with van der Waals surface area (Å²) in [6.07, 6.45) is 3.65. The maximum Gasteiger partial charge on any atom is 0.328 e. The molecule has 1 unspecified atom stereocenters. The van der Waals surface area contributed by atoms with E-state index < -0.39 is 26.1 Å². The topological polar surface area (TPSA) is 149 Å². The maximum atomic E-state index is 12.7. The molecule has 3 rings (SSSR count). The SMILES string of the molecule is CC(CCN1Cc2cc(C#CC#CCC3(O)CC(CO)C3)cn2C1=O)(C(=O)NO)S(C)(=O)=O. The predicted octanol–water partition coefficient (Wildman–Crippen LogP) is -0.151. The highest BCUT2D eigenvalue weighted by molar-refractivity contribution is 7.92. The number of fused-ring (bicyclic) bond motifs is 1. The van der Waals surface area contributed by atoms with Crippen molar-refractivity contribution in [1.29, 1.82) is 0 Å². The predicted molar refractivity (Wildman–Crippen MR) is 117 cm³/mol. The number of hydrogen-bond acceptors (Lipinski definition) is 7. The third-order valence-electron chi connectivity index (χ3n) is 6.36. The summed E-state index contributed by atoms with van der Waals surface area (Å²) in [5.41, 5.74) is 1.81. The molecule has 1 fully saturated rings. The molecule has 0 radical (unpaired) electrons. The summed E-state index contributed by atoms with van der Waals surface area (Å²) in [5.74, 6) is 10.2. The van der Waals surface area contributed by atoms with Gasteiger partial charge in [-0.2, -0.15) is 0 Å². The summed E-state index contributed by atoms with van der Waals surface area (Å²) in [4.78, 5) is 26.0. The number of carbonyl (C=O) groups is 2. The van der Waals surface area contributed by atoms with Gasteiger partial charge in [0.05, 0.1) is 12.1 Å². The summed E-state index contributed by atoms with van der Waals surface area (Å²) in [6, 6.07) is 1.36. The Labute approximate surface area is 192 Å². The fourth-order valence-corrected chi connectivity index (χ4v) is 4.89. The largest absolute Gasteiger partial charge is 0.396 e. The van der Waals surface area contributed by atoms with Crippen LogP contribution in [-0.2, 0) is 21.2 Å². The molecule has 0 bridgehead atoms. The van der Waals surface area contributed by atoms with Gasteiger partial charge in [0.1, 0.15) is 0 Å². The summed E-state index contributed by atoms with van der Waals surface area (Å²) < 4.78 is 23.7. The number of amides is 2. The maximum absolute atomic E-state index is 12.7. The molecule has 1 atom stereocenters. The molecule has 11 heteroatoms. The van der Waals surface area contributed by atoms with Gasteiger partial charge in [-0.3, -0.25) is 14.6 Å². The van der Waals surface area contributed by atoms with Crippen LogP contribution in [-0.4, -0.2) is 75.0 Å². The van der Waals surface area contributed by atoms with E-state index in [1.165, 1.54) is 21.9 Å². The number of hydrogen-bond donors (Lipinski definition) is 4. The van der Waals surface area contributed by atoms with Gasteiger partial charge in [0.2, 0.25) is 0 Å². The van der Waals surface area contributed by atoms with Gasteiger partial charge >= 0.3 is 6.03 Å². The second-order valence-corrected chi connectivity index (χ2v) is 11.3. The lowest BCUT2D eigenvalue weighted by atomic mass is 9.70. The highest BCUT2D eigenvalue weighted by Gasteiger charge is 2.44. The number of aromatic nitrogens is 1. The molecule has 0 spiro atoms. The number of sulfone groups is 1. The van der Waals surface area contributed by atoms with E-state index in [-0.39, 0.29) is 38.1 Å². The molecule has 2 amide bonds. The Balaban J connectivity index is 1.58. The Bertz CT molecular complexity index is 1180. The third-order valence-corrected chi connectivity index (χ3v) is 8.39. The molecule has 2 aliphatic rings. The highest BCUT2D eigenvalue weighted by Crippen LogP contribution is 2.39. The second kappa shape index (κ2) is 9.20. The molecule has 0 aromatic carbocycles. The Hall–Kier alpha value is -2.83. The first kappa shape index (κ1) is 24.8. The molecular formula is C22H27N3O7S. The zero-order chi connectivity index (χ0) is 24.4. The molecule has 178 valence electrons. The van der Waals surface area contributed by atoms with E-state index in [1.54, 1.807) is 12.3 Å². The number of hydroxylamine groups is 1. The lowest BCUT2D eigenvalue weighted by Gasteiger charge is -2.41. The second-order valence-electron chi connectivity index (χ2n) is 8.90. The molecule has 33 heavy (non-hydrogen) atoms. The highest BCUT2D eigenvalue weighted by atomic mass is 32.2. The van der Waals surface area contributed by atoms with E-state index >= 15 is 0 Å². The number of aliphatic hydroxyl groups excluding tert-OH is 1. The van der Waals surface area contributed by atoms with E-state index in [2.05, 4.69) is 23.7 Å². The van der Waals surface area contributed by atoms with Crippen molar-refractivity contribution in [3.8, 4) is 23.7 Å². The van der Waals surface area contributed by atoms with Crippen molar-refractivity contribution >= 4 is 21.8 Å². The average Bonchev–Trinajstić information content (AvgIpc) is 3.26. The molecule has 10 nitrogen and oxygen atoms in total. The van der Waals surface area contributed by atoms with E-state index in [1.807, 2.05) is 0 Å². The van der Waals surface area contributed by atoms with Crippen LogP contribution in [0.2, 0.25) is 0 Å². The normalized spacial score (nSPS) is 23.4. The molecule has 1 aliphatic heterocycles. The molecule has 1 aromatic heterocycles. The lowest BCUT2D eigenvalue weighted by Crippen LogP contribution is -2.50. The number of nitrogens with one attached hydrogen (secondary N) is 1. The van der Waals surface area contributed by atoms with Gasteiger partial charge in [-0.25, -0.2) is 18.7 Å². The lowest BCUT2D eigenvalue weighted by molar-refractivity contribution is -0.131.